The summed E-state index contributed by atoms with van der Waals surface area (Å²) in [7, 11) is 0. The van der Waals surface area contributed by atoms with Crippen LogP contribution in [0, 0.1) is 0 Å². The number of nitrogens with one attached hydrogen (secondary N) is 1. The molecule has 0 bridgehead atoms. The van der Waals surface area contributed by atoms with E-state index in [1.54, 1.807) is 0 Å². The van der Waals surface area contributed by atoms with Gasteiger partial charge in [-0.05, 0) is 44.9 Å². The van der Waals surface area contributed by atoms with Crippen molar-refractivity contribution in [2.75, 3.05) is 13.2 Å². The van der Waals surface area contributed by atoms with Gasteiger partial charge in [0.15, 0.2) is 6.29 Å². The Labute approximate surface area is 439 Å². The van der Waals surface area contributed by atoms with Crippen molar-refractivity contribution in [3.63, 3.8) is 0 Å². The summed E-state index contributed by atoms with van der Waals surface area (Å²) in [5.74, 6) is -0.140. The van der Waals surface area contributed by atoms with Gasteiger partial charge in [0.2, 0.25) is 5.91 Å². The summed E-state index contributed by atoms with van der Waals surface area (Å²) in [4.78, 5) is 13.1. The third-order valence-corrected chi connectivity index (χ3v) is 15.1. The average Bonchev–Trinajstić information content (AvgIpc) is 3.37. The fraction of sp³-hybridized carbons (Fsp3) is 0.919. The molecule has 1 saturated heterocycles. The molecule has 1 fully saturated rings. The van der Waals surface area contributed by atoms with Crippen LogP contribution >= 0.6 is 0 Å². The number of unbranched alkanes of at least 4 members (excludes halogenated alkanes) is 40. The van der Waals surface area contributed by atoms with E-state index in [1.807, 2.05) is 0 Å². The summed E-state index contributed by atoms with van der Waals surface area (Å²) in [6, 6.07) is -0.717. The molecule has 1 rings (SSSR count). The van der Waals surface area contributed by atoms with Crippen molar-refractivity contribution in [3.8, 4) is 0 Å². The lowest BCUT2D eigenvalue weighted by molar-refractivity contribution is -0.302. The van der Waals surface area contributed by atoms with Crippen LogP contribution in [0.3, 0.4) is 0 Å². The van der Waals surface area contributed by atoms with Gasteiger partial charge in [0.05, 0.1) is 25.4 Å². The van der Waals surface area contributed by atoms with Gasteiger partial charge in [0, 0.05) is 6.42 Å². The zero-order valence-corrected chi connectivity index (χ0v) is 46.8. The van der Waals surface area contributed by atoms with E-state index in [0.29, 0.717) is 12.8 Å². The predicted octanol–water partition coefficient (Wildman–Crippen LogP) is 15.7. The number of carbonyl (C=O) groups excluding carboxylic acids is 1. The number of rotatable bonds is 54. The Morgan fingerprint density at radius 3 is 1.21 bits per heavy atom. The minimum absolute atomic E-state index is 0.134. The normalized spacial score (nSPS) is 19.3. The van der Waals surface area contributed by atoms with Gasteiger partial charge in [-0.1, -0.05) is 282 Å². The zero-order valence-electron chi connectivity index (χ0n) is 46.8. The number of allylic oxidation sites excluding steroid dienone is 4. The summed E-state index contributed by atoms with van der Waals surface area (Å²) in [5, 5.41) is 54.7. The highest BCUT2D eigenvalue weighted by molar-refractivity contribution is 5.76. The molecule has 0 radical (unpaired) electrons. The summed E-state index contributed by atoms with van der Waals surface area (Å²) >= 11 is 0. The highest BCUT2D eigenvalue weighted by Crippen LogP contribution is 2.23. The van der Waals surface area contributed by atoms with Crippen LogP contribution in [0.4, 0.5) is 0 Å². The van der Waals surface area contributed by atoms with E-state index in [4.69, 9.17) is 9.47 Å². The molecule has 1 amide bonds. The van der Waals surface area contributed by atoms with Gasteiger partial charge in [-0.25, -0.2) is 0 Å². The smallest absolute Gasteiger partial charge is 0.220 e. The van der Waals surface area contributed by atoms with Crippen LogP contribution in [0.2, 0.25) is 0 Å². The molecule has 71 heavy (non-hydrogen) atoms. The molecule has 7 atom stereocenters. The number of ether oxygens (including phenoxy) is 2. The Hall–Kier alpha value is -1.33. The van der Waals surface area contributed by atoms with Crippen LogP contribution < -0.4 is 5.32 Å². The van der Waals surface area contributed by atoms with Gasteiger partial charge in [0.25, 0.3) is 0 Å². The maximum atomic E-state index is 13.1. The number of aliphatic hydroxyl groups is 5. The molecule has 420 valence electrons. The second-order valence-electron chi connectivity index (χ2n) is 21.9. The first-order chi connectivity index (χ1) is 34.8. The van der Waals surface area contributed by atoms with Crippen molar-refractivity contribution in [2.45, 2.75) is 352 Å². The molecular weight excluding hydrogens is 887 g/mol. The minimum Gasteiger partial charge on any atom is -0.394 e. The first kappa shape index (κ1) is 67.7. The highest BCUT2D eigenvalue weighted by Gasteiger charge is 2.44. The lowest BCUT2D eigenvalue weighted by Gasteiger charge is -2.40. The monoisotopic (exact) mass is 1010 g/mol. The molecule has 1 aliphatic heterocycles. The fourth-order valence-corrected chi connectivity index (χ4v) is 10.1. The zero-order chi connectivity index (χ0) is 51.5. The quantitative estimate of drug-likeness (QED) is 0.0261. The van der Waals surface area contributed by atoms with E-state index in [2.05, 4.69) is 43.5 Å². The molecule has 0 aromatic rings. The van der Waals surface area contributed by atoms with Gasteiger partial charge < -0.3 is 40.3 Å². The van der Waals surface area contributed by atoms with Crippen molar-refractivity contribution in [2.24, 2.45) is 0 Å². The summed E-state index contributed by atoms with van der Waals surface area (Å²) < 4.78 is 11.3. The molecule has 9 heteroatoms. The number of hydrogen-bond acceptors (Lipinski definition) is 8. The van der Waals surface area contributed by atoms with Crippen LogP contribution in [-0.2, 0) is 14.3 Å². The highest BCUT2D eigenvalue weighted by atomic mass is 16.7. The van der Waals surface area contributed by atoms with E-state index >= 15 is 0 Å². The molecular formula is C62H119NO8. The van der Waals surface area contributed by atoms with E-state index in [0.717, 1.165) is 44.9 Å². The maximum Gasteiger partial charge on any atom is 0.220 e. The Morgan fingerprint density at radius 1 is 0.479 bits per heavy atom. The van der Waals surface area contributed by atoms with Crippen molar-refractivity contribution in [1.29, 1.82) is 0 Å². The number of amides is 1. The van der Waals surface area contributed by atoms with Crippen LogP contribution in [0.1, 0.15) is 309 Å². The molecule has 7 unspecified atom stereocenters. The number of carbonyl (C=O) groups is 1. The summed E-state index contributed by atoms with van der Waals surface area (Å²) in [5.41, 5.74) is 0. The second-order valence-corrected chi connectivity index (χ2v) is 21.9. The van der Waals surface area contributed by atoms with Crippen LogP contribution in [-0.4, -0.2) is 87.5 Å². The number of hydrogen-bond donors (Lipinski definition) is 6. The molecule has 0 saturated carbocycles. The van der Waals surface area contributed by atoms with Crippen molar-refractivity contribution in [1.82, 2.24) is 5.32 Å². The fourth-order valence-electron chi connectivity index (χ4n) is 10.1. The predicted molar refractivity (Wildman–Crippen MR) is 300 cm³/mol. The Bertz CT molecular complexity index is 1170. The summed E-state index contributed by atoms with van der Waals surface area (Å²) in [6.45, 7) is 3.87. The molecule has 6 N–H and O–H groups in total. The number of aliphatic hydroxyl groups excluding tert-OH is 5. The first-order valence-electron chi connectivity index (χ1n) is 31.0. The second kappa shape index (κ2) is 52.1. The molecule has 1 heterocycles. The van der Waals surface area contributed by atoms with Crippen molar-refractivity contribution in [3.05, 3.63) is 24.3 Å². The summed E-state index contributed by atoms with van der Waals surface area (Å²) in [6.07, 6.45) is 59.3. The molecule has 0 aromatic heterocycles. The van der Waals surface area contributed by atoms with Crippen LogP contribution in [0.25, 0.3) is 0 Å². The van der Waals surface area contributed by atoms with Gasteiger partial charge >= 0.3 is 0 Å². The van der Waals surface area contributed by atoms with Gasteiger partial charge in [-0.15, -0.1) is 0 Å². The van der Waals surface area contributed by atoms with E-state index < -0.39 is 49.5 Å². The third-order valence-electron chi connectivity index (χ3n) is 15.1. The van der Waals surface area contributed by atoms with Gasteiger partial charge in [-0.3, -0.25) is 4.79 Å². The maximum absolute atomic E-state index is 13.1. The topological polar surface area (TPSA) is 149 Å². The van der Waals surface area contributed by atoms with E-state index in [-0.39, 0.29) is 12.5 Å². The molecule has 1 aliphatic rings. The Balaban J connectivity index is 2.13. The van der Waals surface area contributed by atoms with Crippen LogP contribution in [0.15, 0.2) is 24.3 Å². The molecule has 0 spiro atoms. The van der Waals surface area contributed by atoms with E-state index in [9.17, 15) is 30.3 Å². The SMILES string of the molecule is CCCCCCCCCCC/C=C\C/C=C\CCCCCCCCCCCCCCCCCC(=O)NC(COC1OC(CO)C(O)C(O)C1O)C(O)CCCCCCCCCCCCCCCCCCC. The van der Waals surface area contributed by atoms with E-state index in [1.165, 1.54) is 238 Å². The van der Waals surface area contributed by atoms with Crippen LogP contribution in [0.5, 0.6) is 0 Å². The minimum atomic E-state index is -1.55. The van der Waals surface area contributed by atoms with Gasteiger partial charge in [0.1, 0.15) is 24.4 Å². The first-order valence-corrected chi connectivity index (χ1v) is 31.0. The lowest BCUT2D eigenvalue weighted by atomic mass is 9.99. The third kappa shape index (κ3) is 41.6. The molecule has 0 aromatic carbocycles. The van der Waals surface area contributed by atoms with Crippen molar-refractivity contribution >= 4 is 5.91 Å². The largest absolute Gasteiger partial charge is 0.394 e. The molecule has 9 nitrogen and oxygen atoms in total. The Morgan fingerprint density at radius 2 is 0.831 bits per heavy atom. The standard InChI is InChI=1S/C62H119NO8/c1-3-5-7-9-11-13-15-17-19-21-22-23-24-25-26-27-28-29-30-31-32-33-34-36-38-40-42-44-46-48-50-52-58(66)63-55(54-70-62-61(69)60(68)59(67)57(53-64)71-62)56(65)51-49-47-45-43-41-39-37-35-20-18-16-14-12-10-8-6-4-2/h22-23,25-26,55-57,59-62,64-65,67-69H,3-21,24,27-54H2,1-2H3,(H,63,66)/b23-22-,26-25-. The Kier molecular flexibility index (Phi) is 49.7. The molecule has 0 aliphatic carbocycles. The average molecular weight is 1010 g/mol. The lowest BCUT2D eigenvalue weighted by Crippen LogP contribution is -2.60. The van der Waals surface area contributed by atoms with Gasteiger partial charge in [-0.2, -0.15) is 0 Å². The van der Waals surface area contributed by atoms with Crippen molar-refractivity contribution < 1.29 is 39.8 Å².